The van der Waals surface area contributed by atoms with E-state index >= 15 is 0 Å². The zero-order valence-electron chi connectivity index (χ0n) is 19.9. The highest BCUT2D eigenvalue weighted by Gasteiger charge is 2.47. The molecule has 1 unspecified atom stereocenters. The van der Waals surface area contributed by atoms with Crippen LogP contribution in [0.2, 0.25) is 0 Å². The lowest BCUT2D eigenvalue weighted by Crippen LogP contribution is -2.38. The number of nitro groups is 1. The highest BCUT2D eigenvalue weighted by atomic mass is 16.6. The number of ketones is 1. The van der Waals surface area contributed by atoms with Gasteiger partial charge in [0.1, 0.15) is 5.92 Å². The quantitative estimate of drug-likeness (QED) is 0.344. The summed E-state index contributed by atoms with van der Waals surface area (Å²) in [6.45, 7) is 1.68. The molecule has 0 amide bonds. The second kappa shape index (κ2) is 9.69. The van der Waals surface area contributed by atoms with E-state index in [1.807, 2.05) is 30.3 Å². The molecule has 182 valence electrons. The van der Waals surface area contributed by atoms with Crippen LogP contribution in [-0.4, -0.2) is 43.7 Å². The highest BCUT2D eigenvalue weighted by molar-refractivity contribution is 6.09. The fourth-order valence-electron chi connectivity index (χ4n) is 5.08. The lowest BCUT2D eigenvalue weighted by atomic mass is 9.69. The molecule has 0 saturated heterocycles. The van der Waals surface area contributed by atoms with Crippen molar-refractivity contribution in [2.45, 2.75) is 31.6 Å². The van der Waals surface area contributed by atoms with Crippen LogP contribution in [0.3, 0.4) is 0 Å². The molecular formula is C26H26N2O7. The van der Waals surface area contributed by atoms with Crippen LogP contribution >= 0.6 is 0 Å². The van der Waals surface area contributed by atoms with E-state index in [0.717, 1.165) is 5.56 Å². The summed E-state index contributed by atoms with van der Waals surface area (Å²) >= 11 is 0. The number of hydrogen-bond acceptors (Lipinski definition) is 8. The van der Waals surface area contributed by atoms with Crippen molar-refractivity contribution in [2.24, 2.45) is 10.9 Å². The highest BCUT2D eigenvalue weighted by Crippen LogP contribution is 2.50. The molecule has 1 heterocycles. The number of allylic oxidation sites excluding steroid dienone is 2. The average molecular weight is 479 g/mol. The van der Waals surface area contributed by atoms with Gasteiger partial charge in [0.2, 0.25) is 0 Å². The summed E-state index contributed by atoms with van der Waals surface area (Å²) in [5.74, 6) is -2.40. The lowest BCUT2D eigenvalue weighted by molar-refractivity contribution is -0.385. The van der Waals surface area contributed by atoms with Crippen molar-refractivity contribution < 1.29 is 28.7 Å². The summed E-state index contributed by atoms with van der Waals surface area (Å²) < 4.78 is 15.7. The molecule has 0 saturated carbocycles. The van der Waals surface area contributed by atoms with E-state index in [1.165, 1.54) is 33.5 Å². The molecule has 4 rings (SSSR count). The maximum Gasteiger partial charge on any atom is 0.315 e. The molecule has 9 nitrogen and oxygen atoms in total. The molecule has 3 atom stereocenters. The summed E-state index contributed by atoms with van der Waals surface area (Å²) in [6.07, 6.45) is 0.691. The van der Waals surface area contributed by atoms with Gasteiger partial charge in [-0.15, -0.1) is 0 Å². The molecule has 0 radical (unpaired) electrons. The molecule has 2 aliphatic rings. The molecule has 2 aromatic rings. The molecule has 35 heavy (non-hydrogen) atoms. The molecule has 1 aliphatic carbocycles. The summed E-state index contributed by atoms with van der Waals surface area (Å²) in [5, 5.41) is 12.1. The second-order valence-electron chi connectivity index (χ2n) is 8.55. The monoisotopic (exact) mass is 478 g/mol. The number of benzene rings is 2. The number of nitrogens with zero attached hydrogens (tertiary/aromatic N) is 2. The van der Waals surface area contributed by atoms with Crippen LogP contribution in [0.1, 0.15) is 42.7 Å². The normalized spacial score (nSPS) is 21.7. The van der Waals surface area contributed by atoms with E-state index in [0.29, 0.717) is 23.4 Å². The van der Waals surface area contributed by atoms with Gasteiger partial charge in [-0.25, -0.2) is 0 Å². The number of ether oxygens (including phenoxy) is 3. The minimum absolute atomic E-state index is 0.0743. The first kappa shape index (κ1) is 24.1. The largest absolute Gasteiger partial charge is 0.493 e. The predicted molar refractivity (Wildman–Crippen MR) is 128 cm³/mol. The standard InChI is InChI=1S/C26H26N2O7/c1-14-23(26(30)35-4)24(17-12-21(33-2)22(34-3)13-19(17)28(31)32)25-18(27-14)10-16(11-20(25)29)15-8-6-5-7-9-15/h5-9,12-13,16,23-24H,10-11H2,1-4H3/t16-,23?,24+/m0/s1. The second-order valence-corrected chi connectivity index (χ2v) is 8.55. The van der Waals surface area contributed by atoms with Crippen molar-refractivity contribution in [1.29, 1.82) is 0 Å². The molecule has 0 spiro atoms. The Morgan fingerprint density at radius 2 is 1.71 bits per heavy atom. The van der Waals surface area contributed by atoms with Gasteiger partial charge < -0.3 is 14.2 Å². The zero-order chi connectivity index (χ0) is 25.3. The number of esters is 1. The topological polar surface area (TPSA) is 117 Å². The van der Waals surface area contributed by atoms with Crippen LogP contribution in [-0.2, 0) is 14.3 Å². The average Bonchev–Trinajstić information content (AvgIpc) is 2.86. The van der Waals surface area contributed by atoms with Crippen molar-refractivity contribution in [3.63, 3.8) is 0 Å². The molecule has 0 bridgehead atoms. The maximum atomic E-state index is 13.6. The number of aliphatic imine (C=N–C) groups is 1. The Hall–Kier alpha value is -4.01. The first-order valence-corrected chi connectivity index (χ1v) is 11.1. The minimum atomic E-state index is -0.993. The molecule has 0 fully saturated rings. The van der Waals surface area contributed by atoms with Crippen molar-refractivity contribution in [2.75, 3.05) is 21.3 Å². The van der Waals surface area contributed by atoms with Crippen LogP contribution in [0.5, 0.6) is 11.5 Å². The number of hydrogen-bond donors (Lipinski definition) is 0. The first-order valence-electron chi connectivity index (χ1n) is 11.1. The van der Waals surface area contributed by atoms with Gasteiger partial charge in [-0.2, -0.15) is 0 Å². The minimum Gasteiger partial charge on any atom is -0.493 e. The summed E-state index contributed by atoms with van der Waals surface area (Å²) in [4.78, 5) is 42.7. The van der Waals surface area contributed by atoms with Gasteiger partial charge in [-0.1, -0.05) is 30.3 Å². The molecule has 1 aliphatic heterocycles. The van der Waals surface area contributed by atoms with E-state index in [-0.39, 0.29) is 40.9 Å². The van der Waals surface area contributed by atoms with Crippen molar-refractivity contribution in [1.82, 2.24) is 0 Å². The van der Waals surface area contributed by atoms with Gasteiger partial charge in [0.15, 0.2) is 17.3 Å². The Kier molecular flexibility index (Phi) is 6.68. The Labute approximate surface area is 202 Å². The number of carbonyl (C=O) groups is 2. The third-order valence-electron chi connectivity index (χ3n) is 6.68. The predicted octanol–water partition coefficient (Wildman–Crippen LogP) is 4.36. The van der Waals surface area contributed by atoms with Crippen LogP contribution in [0, 0.1) is 16.0 Å². The fraction of sp³-hybridized carbons (Fsp3) is 0.346. The summed E-state index contributed by atoms with van der Waals surface area (Å²) in [5.41, 5.74) is 2.21. The number of carbonyl (C=O) groups excluding carboxylic acids is 2. The van der Waals surface area contributed by atoms with Crippen molar-refractivity contribution in [3.8, 4) is 11.5 Å². The molecule has 0 N–H and O–H groups in total. The van der Waals surface area contributed by atoms with E-state index in [2.05, 4.69) is 4.99 Å². The smallest absolute Gasteiger partial charge is 0.315 e. The molecule has 0 aromatic heterocycles. The van der Waals surface area contributed by atoms with Crippen LogP contribution < -0.4 is 9.47 Å². The summed E-state index contributed by atoms with van der Waals surface area (Å²) in [6, 6.07) is 12.4. The summed E-state index contributed by atoms with van der Waals surface area (Å²) in [7, 11) is 4.04. The molecule has 2 aromatic carbocycles. The third-order valence-corrected chi connectivity index (χ3v) is 6.68. The third kappa shape index (κ3) is 4.29. The first-order chi connectivity index (χ1) is 16.8. The van der Waals surface area contributed by atoms with Crippen LogP contribution in [0.15, 0.2) is 58.7 Å². The van der Waals surface area contributed by atoms with Crippen molar-refractivity contribution in [3.05, 3.63) is 75.0 Å². The molecule has 9 heteroatoms. The van der Waals surface area contributed by atoms with E-state index in [1.54, 1.807) is 6.92 Å². The number of methoxy groups -OCH3 is 3. The van der Waals surface area contributed by atoms with Crippen molar-refractivity contribution >= 4 is 23.2 Å². The number of rotatable bonds is 6. The van der Waals surface area contributed by atoms with Gasteiger partial charge >= 0.3 is 5.97 Å². The lowest BCUT2D eigenvalue weighted by Gasteiger charge is -2.36. The number of nitro benzene ring substituents is 1. The SMILES string of the molecule is COC(=O)C1C(C)=NC2=C(C(=O)C[C@@H](c3ccccc3)C2)[C@@H]1c1cc(OC)c(OC)cc1[N+](=O)[O-]. The van der Waals surface area contributed by atoms with Crippen LogP contribution in [0.25, 0.3) is 0 Å². The Morgan fingerprint density at radius 1 is 1.06 bits per heavy atom. The Morgan fingerprint density at radius 3 is 2.31 bits per heavy atom. The van der Waals surface area contributed by atoms with E-state index in [9.17, 15) is 19.7 Å². The fourth-order valence-corrected chi connectivity index (χ4v) is 5.08. The Balaban J connectivity index is 1.94. The van der Waals surface area contributed by atoms with Crippen LogP contribution in [0.4, 0.5) is 5.69 Å². The zero-order valence-corrected chi connectivity index (χ0v) is 19.9. The van der Waals surface area contributed by atoms with Gasteiger partial charge in [0.25, 0.3) is 5.69 Å². The maximum absolute atomic E-state index is 13.6. The Bertz CT molecular complexity index is 1250. The van der Waals surface area contributed by atoms with E-state index in [4.69, 9.17) is 14.2 Å². The van der Waals surface area contributed by atoms with Gasteiger partial charge in [-0.3, -0.25) is 24.7 Å². The van der Waals surface area contributed by atoms with Gasteiger partial charge in [-0.05, 0) is 30.9 Å². The van der Waals surface area contributed by atoms with Gasteiger partial charge in [0.05, 0.1) is 32.3 Å². The number of Topliss-reactive ketones (excluding diaryl/α,β-unsaturated/α-hetero) is 1. The van der Waals surface area contributed by atoms with Gasteiger partial charge in [0, 0.05) is 34.9 Å². The molecular weight excluding hydrogens is 452 g/mol. The van der Waals surface area contributed by atoms with E-state index < -0.39 is 22.7 Å².